The molecule has 0 saturated carbocycles. The molecule has 1 aromatic heterocycles. The summed E-state index contributed by atoms with van der Waals surface area (Å²) >= 11 is 0. The zero-order chi connectivity index (χ0) is 16.1. The smallest absolute Gasteiger partial charge is 0.330 e. The predicted octanol–water partition coefficient (Wildman–Crippen LogP) is 1.16. The summed E-state index contributed by atoms with van der Waals surface area (Å²) in [5, 5.41) is 2.56. The van der Waals surface area contributed by atoms with Crippen molar-refractivity contribution in [2.45, 2.75) is 19.4 Å². The molecular weight excluding hydrogens is 288 g/mol. The van der Waals surface area contributed by atoms with E-state index >= 15 is 0 Å². The van der Waals surface area contributed by atoms with Gasteiger partial charge in [-0.1, -0.05) is 12.1 Å². The maximum atomic E-state index is 11.7. The SMILES string of the molecule is COc1ccc(CCCn2c(N)c(N=O)c(=O)[nH]c2=O)cc1. The lowest BCUT2D eigenvalue weighted by Gasteiger charge is -2.09. The Morgan fingerprint density at radius 1 is 1.27 bits per heavy atom. The summed E-state index contributed by atoms with van der Waals surface area (Å²) in [6.07, 6.45) is 1.32. The maximum absolute atomic E-state index is 11.7. The van der Waals surface area contributed by atoms with E-state index in [9.17, 15) is 14.5 Å². The van der Waals surface area contributed by atoms with Gasteiger partial charge in [-0.2, -0.15) is 0 Å². The molecule has 0 atom stereocenters. The van der Waals surface area contributed by atoms with Crippen LogP contribution < -0.4 is 21.7 Å². The standard InChI is InChI=1S/C14H16N4O4/c1-22-10-6-4-9(5-7-10)3-2-8-18-12(15)11(17-21)13(19)16-14(18)20/h4-7H,2-3,8,15H2,1H3,(H,16,19,20). The summed E-state index contributed by atoms with van der Waals surface area (Å²) in [6, 6.07) is 7.56. The normalized spacial score (nSPS) is 10.4. The Kier molecular flexibility index (Phi) is 4.72. The van der Waals surface area contributed by atoms with Crippen molar-refractivity contribution in [2.24, 2.45) is 5.18 Å². The first-order valence-corrected chi connectivity index (χ1v) is 6.65. The van der Waals surface area contributed by atoms with Crippen LogP contribution in [-0.4, -0.2) is 16.7 Å². The molecule has 8 heteroatoms. The van der Waals surface area contributed by atoms with Gasteiger partial charge in [-0.3, -0.25) is 14.3 Å². The van der Waals surface area contributed by atoms with Crippen molar-refractivity contribution in [3.8, 4) is 5.75 Å². The Morgan fingerprint density at radius 3 is 2.55 bits per heavy atom. The van der Waals surface area contributed by atoms with Crippen LogP contribution in [0.3, 0.4) is 0 Å². The second-order valence-corrected chi connectivity index (χ2v) is 4.69. The van der Waals surface area contributed by atoms with E-state index in [1.807, 2.05) is 29.2 Å². The van der Waals surface area contributed by atoms with Crippen molar-refractivity contribution < 1.29 is 4.74 Å². The molecule has 2 aromatic rings. The highest BCUT2D eigenvalue weighted by molar-refractivity contribution is 5.55. The zero-order valence-electron chi connectivity index (χ0n) is 12.0. The molecule has 0 unspecified atom stereocenters. The van der Waals surface area contributed by atoms with Crippen LogP contribution in [0.1, 0.15) is 12.0 Å². The fraction of sp³-hybridized carbons (Fsp3) is 0.286. The van der Waals surface area contributed by atoms with Crippen LogP contribution in [0.4, 0.5) is 11.5 Å². The van der Waals surface area contributed by atoms with Gasteiger partial charge in [0.25, 0.3) is 5.56 Å². The highest BCUT2D eigenvalue weighted by atomic mass is 16.5. The number of H-pyrrole nitrogens is 1. The molecule has 1 aromatic carbocycles. The van der Waals surface area contributed by atoms with E-state index in [2.05, 4.69) is 5.18 Å². The topological polar surface area (TPSA) is 120 Å². The third-order valence-electron chi connectivity index (χ3n) is 3.31. The van der Waals surface area contributed by atoms with Crippen LogP contribution >= 0.6 is 0 Å². The molecule has 3 N–H and O–H groups in total. The fourth-order valence-corrected chi connectivity index (χ4v) is 2.12. The molecule has 1 heterocycles. The minimum atomic E-state index is -0.871. The highest BCUT2D eigenvalue weighted by Gasteiger charge is 2.12. The number of benzene rings is 1. The molecule has 0 radical (unpaired) electrons. The van der Waals surface area contributed by atoms with E-state index in [0.29, 0.717) is 12.8 Å². The molecule has 0 saturated heterocycles. The molecule has 22 heavy (non-hydrogen) atoms. The number of nitrogens with two attached hydrogens (primary N) is 1. The van der Waals surface area contributed by atoms with Gasteiger partial charge >= 0.3 is 5.69 Å². The molecule has 8 nitrogen and oxygen atoms in total. The summed E-state index contributed by atoms with van der Waals surface area (Å²) in [4.78, 5) is 35.7. The third kappa shape index (κ3) is 3.22. The molecule has 0 aliphatic rings. The number of aryl methyl sites for hydroxylation is 1. The van der Waals surface area contributed by atoms with Crippen LogP contribution in [0, 0.1) is 4.91 Å². The van der Waals surface area contributed by atoms with Gasteiger partial charge in [0, 0.05) is 6.54 Å². The van der Waals surface area contributed by atoms with Crippen molar-refractivity contribution in [1.82, 2.24) is 9.55 Å². The number of nitrogens with one attached hydrogen (secondary N) is 1. The number of methoxy groups -OCH3 is 1. The van der Waals surface area contributed by atoms with Crippen molar-refractivity contribution in [3.63, 3.8) is 0 Å². The van der Waals surface area contributed by atoms with Crippen LogP contribution in [0.2, 0.25) is 0 Å². The molecule has 0 aliphatic heterocycles. The molecule has 2 rings (SSSR count). The van der Waals surface area contributed by atoms with Gasteiger partial charge in [0.05, 0.1) is 7.11 Å². The van der Waals surface area contributed by atoms with E-state index in [4.69, 9.17) is 10.5 Å². The number of nitroso groups, excluding NO2 is 1. The number of ether oxygens (including phenoxy) is 1. The van der Waals surface area contributed by atoms with Gasteiger partial charge in [0.2, 0.25) is 5.69 Å². The number of nitrogens with zero attached hydrogens (tertiary/aromatic N) is 2. The first-order chi connectivity index (χ1) is 10.6. The van der Waals surface area contributed by atoms with E-state index in [1.54, 1.807) is 7.11 Å². The number of nitrogen functional groups attached to an aromatic ring is 1. The van der Waals surface area contributed by atoms with Gasteiger partial charge in [0.1, 0.15) is 11.6 Å². The Bertz CT molecular complexity index is 777. The highest BCUT2D eigenvalue weighted by Crippen LogP contribution is 2.15. The lowest BCUT2D eigenvalue weighted by Crippen LogP contribution is -2.32. The molecule has 116 valence electrons. The van der Waals surface area contributed by atoms with Crippen molar-refractivity contribution in [3.05, 3.63) is 55.6 Å². The maximum Gasteiger partial charge on any atom is 0.330 e. The van der Waals surface area contributed by atoms with Gasteiger partial charge in [0.15, 0.2) is 0 Å². The van der Waals surface area contributed by atoms with Crippen molar-refractivity contribution in [2.75, 3.05) is 12.8 Å². The van der Waals surface area contributed by atoms with E-state index in [-0.39, 0.29) is 12.4 Å². The average molecular weight is 304 g/mol. The first kappa shape index (κ1) is 15.5. The first-order valence-electron chi connectivity index (χ1n) is 6.65. The Hall–Kier alpha value is -2.90. The summed E-state index contributed by atoms with van der Waals surface area (Å²) < 4.78 is 6.22. The zero-order valence-corrected chi connectivity index (χ0v) is 12.0. The monoisotopic (exact) mass is 304 g/mol. The number of hydrogen-bond donors (Lipinski definition) is 2. The molecular formula is C14H16N4O4. The number of hydrogen-bond acceptors (Lipinski definition) is 6. The molecule has 0 aliphatic carbocycles. The summed E-state index contributed by atoms with van der Waals surface area (Å²) in [5.74, 6) is 0.560. The molecule has 0 spiro atoms. The average Bonchev–Trinajstić information content (AvgIpc) is 2.51. The minimum absolute atomic E-state index is 0.210. The van der Waals surface area contributed by atoms with Gasteiger partial charge in [-0.05, 0) is 35.7 Å². The van der Waals surface area contributed by atoms with Gasteiger partial charge < -0.3 is 10.5 Å². The summed E-state index contributed by atoms with van der Waals surface area (Å²) in [6.45, 7) is 0.274. The second kappa shape index (κ2) is 6.70. The Labute approximate surface area is 125 Å². The number of rotatable bonds is 6. The Morgan fingerprint density at radius 2 is 1.95 bits per heavy atom. The minimum Gasteiger partial charge on any atom is -0.497 e. The Balaban J connectivity index is 2.10. The largest absolute Gasteiger partial charge is 0.497 e. The van der Waals surface area contributed by atoms with E-state index in [0.717, 1.165) is 15.9 Å². The molecule has 0 fully saturated rings. The van der Waals surface area contributed by atoms with Crippen molar-refractivity contribution in [1.29, 1.82) is 0 Å². The lowest BCUT2D eigenvalue weighted by atomic mass is 10.1. The second-order valence-electron chi connectivity index (χ2n) is 4.69. The molecule has 0 bridgehead atoms. The van der Waals surface area contributed by atoms with Crippen LogP contribution in [0.25, 0.3) is 0 Å². The van der Waals surface area contributed by atoms with Crippen LogP contribution in [-0.2, 0) is 13.0 Å². The van der Waals surface area contributed by atoms with E-state index < -0.39 is 16.9 Å². The number of aromatic nitrogens is 2. The van der Waals surface area contributed by atoms with Gasteiger partial charge in [-0.15, -0.1) is 4.91 Å². The van der Waals surface area contributed by atoms with Gasteiger partial charge in [-0.25, -0.2) is 4.79 Å². The van der Waals surface area contributed by atoms with Crippen LogP contribution in [0.15, 0.2) is 39.0 Å². The summed E-state index contributed by atoms with van der Waals surface area (Å²) in [5.41, 5.74) is 4.73. The van der Waals surface area contributed by atoms with Crippen LogP contribution in [0.5, 0.6) is 5.75 Å². The number of aromatic amines is 1. The lowest BCUT2D eigenvalue weighted by molar-refractivity contribution is 0.414. The summed E-state index contributed by atoms with van der Waals surface area (Å²) in [7, 11) is 1.60. The van der Waals surface area contributed by atoms with E-state index in [1.165, 1.54) is 0 Å². The quantitative estimate of drug-likeness (QED) is 0.776. The number of anilines is 1. The fourth-order valence-electron chi connectivity index (χ4n) is 2.12. The predicted molar refractivity (Wildman–Crippen MR) is 82.5 cm³/mol. The third-order valence-corrected chi connectivity index (χ3v) is 3.31. The molecule has 0 amide bonds. The van der Waals surface area contributed by atoms with Crippen molar-refractivity contribution >= 4 is 11.5 Å².